The minimum atomic E-state index is -0.342. The van der Waals surface area contributed by atoms with Gasteiger partial charge in [0.25, 0.3) is 11.8 Å². The maximum atomic E-state index is 12.6. The Hall–Kier alpha value is -2.64. The summed E-state index contributed by atoms with van der Waals surface area (Å²) in [6, 6.07) is 0. The SMILES string of the molecule is CCn1cc(NC(=O)c2c(C)nn(CC)c2C)c(C(=O)NC)n1. The molecule has 0 aliphatic rings. The van der Waals surface area contributed by atoms with Crippen LogP contribution >= 0.6 is 0 Å². The van der Waals surface area contributed by atoms with Crippen LogP contribution in [-0.4, -0.2) is 38.4 Å². The fraction of sp³-hybridized carbons (Fsp3) is 0.467. The first-order valence-electron chi connectivity index (χ1n) is 7.57. The van der Waals surface area contributed by atoms with Gasteiger partial charge < -0.3 is 10.6 Å². The topological polar surface area (TPSA) is 93.8 Å². The Kier molecular flexibility index (Phi) is 4.83. The van der Waals surface area contributed by atoms with Crippen LogP contribution in [0.15, 0.2) is 6.20 Å². The van der Waals surface area contributed by atoms with Gasteiger partial charge >= 0.3 is 0 Å². The Morgan fingerprint density at radius 1 is 1.13 bits per heavy atom. The van der Waals surface area contributed by atoms with Gasteiger partial charge in [-0.1, -0.05) is 0 Å². The molecule has 2 heterocycles. The van der Waals surface area contributed by atoms with Crippen LogP contribution in [0.2, 0.25) is 0 Å². The van der Waals surface area contributed by atoms with Gasteiger partial charge in [-0.3, -0.25) is 19.0 Å². The number of hydrogen-bond donors (Lipinski definition) is 2. The van der Waals surface area contributed by atoms with Crippen molar-refractivity contribution in [3.05, 3.63) is 28.8 Å². The highest BCUT2D eigenvalue weighted by molar-refractivity contribution is 6.09. The number of rotatable bonds is 5. The lowest BCUT2D eigenvalue weighted by molar-refractivity contribution is 0.0958. The van der Waals surface area contributed by atoms with Crippen LogP contribution in [0.3, 0.4) is 0 Å². The highest BCUT2D eigenvalue weighted by atomic mass is 16.2. The van der Waals surface area contributed by atoms with E-state index in [2.05, 4.69) is 20.8 Å². The molecule has 0 atom stereocenters. The van der Waals surface area contributed by atoms with E-state index in [1.165, 1.54) is 7.05 Å². The molecule has 2 amide bonds. The zero-order valence-electron chi connectivity index (χ0n) is 14.1. The second-order valence-electron chi connectivity index (χ2n) is 5.14. The van der Waals surface area contributed by atoms with Crippen molar-refractivity contribution in [2.45, 2.75) is 40.8 Å². The monoisotopic (exact) mass is 318 g/mol. The van der Waals surface area contributed by atoms with E-state index in [0.717, 1.165) is 5.69 Å². The number of aromatic nitrogens is 4. The van der Waals surface area contributed by atoms with E-state index in [9.17, 15) is 9.59 Å². The van der Waals surface area contributed by atoms with Crippen molar-refractivity contribution < 1.29 is 9.59 Å². The third kappa shape index (κ3) is 3.10. The quantitative estimate of drug-likeness (QED) is 0.870. The van der Waals surface area contributed by atoms with E-state index in [0.29, 0.717) is 30.0 Å². The highest BCUT2D eigenvalue weighted by Gasteiger charge is 2.22. The molecule has 0 radical (unpaired) electrons. The molecule has 0 aliphatic heterocycles. The van der Waals surface area contributed by atoms with Gasteiger partial charge in [0.15, 0.2) is 5.69 Å². The van der Waals surface area contributed by atoms with Crippen LogP contribution in [0.25, 0.3) is 0 Å². The zero-order valence-corrected chi connectivity index (χ0v) is 14.1. The van der Waals surface area contributed by atoms with E-state index < -0.39 is 0 Å². The summed E-state index contributed by atoms with van der Waals surface area (Å²) in [4.78, 5) is 24.5. The van der Waals surface area contributed by atoms with Gasteiger partial charge in [-0.25, -0.2) is 0 Å². The first-order chi connectivity index (χ1) is 10.9. The fourth-order valence-corrected chi connectivity index (χ4v) is 2.48. The lowest BCUT2D eigenvalue weighted by Crippen LogP contribution is -2.22. The van der Waals surface area contributed by atoms with E-state index in [4.69, 9.17) is 0 Å². The van der Waals surface area contributed by atoms with Gasteiger partial charge in [0.2, 0.25) is 0 Å². The minimum absolute atomic E-state index is 0.195. The van der Waals surface area contributed by atoms with Gasteiger partial charge in [0.1, 0.15) is 0 Å². The number of carbonyl (C=O) groups excluding carboxylic acids is 2. The Bertz CT molecular complexity index is 743. The predicted molar refractivity (Wildman–Crippen MR) is 86.6 cm³/mol. The van der Waals surface area contributed by atoms with E-state index >= 15 is 0 Å². The molecule has 0 spiro atoms. The van der Waals surface area contributed by atoms with Crippen molar-refractivity contribution in [3.8, 4) is 0 Å². The number of aryl methyl sites for hydroxylation is 3. The lowest BCUT2D eigenvalue weighted by Gasteiger charge is -2.05. The van der Waals surface area contributed by atoms with Crippen molar-refractivity contribution >= 4 is 17.5 Å². The summed E-state index contributed by atoms with van der Waals surface area (Å²) >= 11 is 0. The normalized spacial score (nSPS) is 10.7. The van der Waals surface area contributed by atoms with Crippen LogP contribution in [0.1, 0.15) is 46.1 Å². The molecule has 0 unspecified atom stereocenters. The number of hydrogen-bond acceptors (Lipinski definition) is 4. The average Bonchev–Trinajstić information content (AvgIpc) is 3.06. The molecule has 8 nitrogen and oxygen atoms in total. The van der Waals surface area contributed by atoms with Crippen LogP contribution < -0.4 is 10.6 Å². The molecule has 0 fully saturated rings. The molecule has 0 bridgehead atoms. The summed E-state index contributed by atoms with van der Waals surface area (Å²) in [5.74, 6) is -0.634. The van der Waals surface area contributed by atoms with Crippen molar-refractivity contribution in [2.75, 3.05) is 12.4 Å². The second-order valence-corrected chi connectivity index (χ2v) is 5.14. The maximum Gasteiger partial charge on any atom is 0.273 e. The van der Waals surface area contributed by atoms with E-state index in [1.54, 1.807) is 22.5 Å². The number of anilines is 1. The Morgan fingerprint density at radius 3 is 2.35 bits per heavy atom. The minimum Gasteiger partial charge on any atom is -0.354 e. The van der Waals surface area contributed by atoms with Gasteiger partial charge in [-0.05, 0) is 27.7 Å². The fourth-order valence-electron chi connectivity index (χ4n) is 2.48. The van der Waals surface area contributed by atoms with Gasteiger partial charge in [-0.2, -0.15) is 10.2 Å². The van der Waals surface area contributed by atoms with E-state index in [1.807, 2.05) is 20.8 Å². The molecular weight excluding hydrogens is 296 g/mol. The Labute approximate surface area is 134 Å². The van der Waals surface area contributed by atoms with Crippen molar-refractivity contribution in [1.29, 1.82) is 0 Å². The average molecular weight is 318 g/mol. The van der Waals surface area contributed by atoms with Crippen molar-refractivity contribution in [2.24, 2.45) is 0 Å². The van der Waals surface area contributed by atoms with Crippen LogP contribution in [-0.2, 0) is 13.1 Å². The molecule has 0 aliphatic carbocycles. The molecule has 2 aromatic heterocycles. The third-order valence-corrected chi connectivity index (χ3v) is 3.68. The van der Waals surface area contributed by atoms with Crippen LogP contribution in [0.5, 0.6) is 0 Å². The molecule has 8 heteroatoms. The number of amides is 2. The third-order valence-electron chi connectivity index (χ3n) is 3.68. The Morgan fingerprint density at radius 2 is 1.83 bits per heavy atom. The molecule has 2 N–H and O–H groups in total. The number of carbonyl (C=O) groups is 2. The van der Waals surface area contributed by atoms with Crippen molar-refractivity contribution in [3.63, 3.8) is 0 Å². The molecule has 0 saturated heterocycles. The molecule has 124 valence electrons. The second kappa shape index (κ2) is 6.64. The van der Waals surface area contributed by atoms with Crippen molar-refractivity contribution in [1.82, 2.24) is 24.9 Å². The number of nitrogens with zero attached hydrogens (tertiary/aromatic N) is 4. The highest BCUT2D eigenvalue weighted by Crippen LogP contribution is 2.18. The molecule has 2 aromatic rings. The van der Waals surface area contributed by atoms with Gasteiger partial charge in [0, 0.05) is 32.0 Å². The van der Waals surface area contributed by atoms with E-state index in [-0.39, 0.29) is 17.5 Å². The summed E-state index contributed by atoms with van der Waals surface area (Å²) in [6.07, 6.45) is 1.65. The summed E-state index contributed by atoms with van der Waals surface area (Å²) in [6.45, 7) is 8.82. The van der Waals surface area contributed by atoms with Crippen LogP contribution in [0, 0.1) is 13.8 Å². The molecule has 2 rings (SSSR count). The number of nitrogens with one attached hydrogen (secondary N) is 2. The molecule has 0 aromatic carbocycles. The van der Waals surface area contributed by atoms with Gasteiger partial charge in [0.05, 0.1) is 16.9 Å². The molecular formula is C15H22N6O2. The first kappa shape index (κ1) is 16.7. The van der Waals surface area contributed by atoms with Gasteiger partial charge in [-0.15, -0.1) is 0 Å². The summed E-state index contributed by atoms with van der Waals surface area (Å²) < 4.78 is 3.38. The summed E-state index contributed by atoms with van der Waals surface area (Å²) in [5, 5.41) is 13.8. The zero-order chi connectivity index (χ0) is 17.1. The summed E-state index contributed by atoms with van der Waals surface area (Å²) in [7, 11) is 1.53. The molecule has 23 heavy (non-hydrogen) atoms. The first-order valence-corrected chi connectivity index (χ1v) is 7.57. The standard InChI is InChI=1S/C15H22N6O2/c1-6-20-8-11(13(19-20)15(23)16-5)17-14(22)12-9(3)18-21(7-2)10(12)4/h8H,6-7H2,1-5H3,(H,16,23)(H,17,22). The summed E-state index contributed by atoms with van der Waals surface area (Å²) in [5.41, 5.74) is 2.57. The molecule has 0 saturated carbocycles. The van der Waals surface area contributed by atoms with Crippen LogP contribution in [0.4, 0.5) is 5.69 Å². The largest absolute Gasteiger partial charge is 0.354 e. The Balaban J connectivity index is 2.36. The maximum absolute atomic E-state index is 12.6. The predicted octanol–water partition coefficient (Wildman–Crippen LogP) is 1.35. The smallest absolute Gasteiger partial charge is 0.273 e. The lowest BCUT2D eigenvalue weighted by atomic mass is 10.2.